The molecule has 2 N–H and O–H groups in total. The lowest BCUT2D eigenvalue weighted by Crippen LogP contribution is -2.22. The van der Waals surface area contributed by atoms with Crippen LogP contribution in [-0.4, -0.2) is 19.1 Å². The molecule has 0 saturated heterocycles. The first-order chi connectivity index (χ1) is 13.7. The van der Waals surface area contributed by atoms with Crippen LogP contribution in [0, 0.1) is 0 Å². The van der Waals surface area contributed by atoms with Gasteiger partial charge in [0, 0.05) is 10.2 Å². The first kappa shape index (κ1) is 20.0. The van der Waals surface area contributed by atoms with E-state index in [2.05, 4.69) is 38.7 Å². The molecule has 0 heterocycles. The van der Waals surface area contributed by atoms with Crippen molar-refractivity contribution in [2.24, 2.45) is 0 Å². The van der Waals surface area contributed by atoms with E-state index in [4.69, 9.17) is 4.74 Å². The Morgan fingerprint density at radius 3 is 2.54 bits per heavy atom. The fourth-order valence-electron chi connectivity index (χ4n) is 2.77. The molecule has 0 atom stereocenters. The van der Waals surface area contributed by atoms with Gasteiger partial charge < -0.3 is 15.4 Å². The summed E-state index contributed by atoms with van der Waals surface area (Å²) in [5.41, 5.74) is 2.87. The van der Waals surface area contributed by atoms with Crippen LogP contribution in [-0.2, 0) is 11.2 Å². The number of amides is 1. The van der Waals surface area contributed by atoms with Crippen LogP contribution in [0.3, 0.4) is 0 Å². The molecule has 144 valence electrons. The maximum Gasteiger partial charge on any atom is 0.243 e. The van der Waals surface area contributed by atoms with Crippen LogP contribution in [0.1, 0.15) is 12.0 Å². The number of rotatable bonds is 9. The van der Waals surface area contributed by atoms with Gasteiger partial charge in [-0.2, -0.15) is 0 Å². The first-order valence-corrected chi connectivity index (χ1v) is 10.0. The number of benzene rings is 3. The van der Waals surface area contributed by atoms with Crippen molar-refractivity contribution in [1.29, 1.82) is 0 Å². The molecule has 0 fully saturated rings. The van der Waals surface area contributed by atoms with E-state index < -0.39 is 0 Å². The summed E-state index contributed by atoms with van der Waals surface area (Å²) in [5.74, 6) is 0.562. The third-order valence-electron chi connectivity index (χ3n) is 4.15. The molecule has 3 aromatic carbocycles. The third kappa shape index (κ3) is 6.43. The zero-order valence-corrected chi connectivity index (χ0v) is 17.1. The number of anilines is 2. The maximum atomic E-state index is 12.3. The van der Waals surface area contributed by atoms with Crippen molar-refractivity contribution in [3.63, 3.8) is 0 Å². The molecule has 3 aromatic rings. The second-order valence-electron chi connectivity index (χ2n) is 6.35. The summed E-state index contributed by atoms with van der Waals surface area (Å²) < 4.78 is 6.86. The van der Waals surface area contributed by atoms with Gasteiger partial charge >= 0.3 is 0 Å². The predicted molar refractivity (Wildman–Crippen MR) is 118 cm³/mol. The van der Waals surface area contributed by atoms with E-state index in [1.54, 1.807) is 0 Å². The molecule has 4 nitrogen and oxygen atoms in total. The molecular formula is C23H23BrN2O2. The highest BCUT2D eigenvalue weighted by molar-refractivity contribution is 9.10. The van der Waals surface area contributed by atoms with Crippen LogP contribution in [0.4, 0.5) is 11.4 Å². The van der Waals surface area contributed by atoms with E-state index in [1.165, 1.54) is 5.56 Å². The fourth-order valence-corrected chi connectivity index (χ4v) is 3.17. The van der Waals surface area contributed by atoms with Crippen LogP contribution in [0.2, 0.25) is 0 Å². The predicted octanol–water partition coefficient (Wildman–Crippen LogP) is 5.51. The number of hydrogen-bond donors (Lipinski definition) is 2. The van der Waals surface area contributed by atoms with Crippen molar-refractivity contribution < 1.29 is 9.53 Å². The quantitative estimate of drug-likeness (QED) is 0.432. The second kappa shape index (κ2) is 10.5. The minimum Gasteiger partial charge on any atom is -0.491 e. The van der Waals surface area contributed by atoms with Gasteiger partial charge in [0.2, 0.25) is 5.91 Å². The minimum absolute atomic E-state index is 0.125. The van der Waals surface area contributed by atoms with Gasteiger partial charge in [-0.05, 0) is 48.7 Å². The van der Waals surface area contributed by atoms with E-state index in [-0.39, 0.29) is 12.5 Å². The first-order valence-electron chi connectivity index (χ1n) is 9.26. The highest BCUT2D eigenvalue weighted by atomic mass is 79.9. The average molecular weight is 439 g/mol. The van der Waals surface area contributed by atoms with E-state index in [0.29, 0.717) is 18.0 Å². The lowest BCUT2D eigenvalue weighted by atomic mass is 10.1. The third-order valence-corrected chi connectivity index (χ3v) is 4.64. The van der Waals surface area contributed by atoms with Gasteiger partial charge in [0.25, 0.3) is 0 Å². The van der Waals surface area contributed by atoms with E-state index in [9.17, 15) is 4.79 Å². The van der Waals surface area contributed by atoms with Crippen molar-refractivity contribution in [2.45, 2.75) is 12.8 Å². The molecule has 0 radical (unpaired) electrons. The molecule has 0 saturated carbocycles. The van der Waals surface area contributed by atoms with Crippen molar-refractivity contribution >= 4 is 33.2 Å². The smallest absolute Gasteiger partial charge is 0.243 e. The molecule has 0 aliphatic heterocycles. The Kier molecular flexibility index (Phi) is 7.50. The van der Waals surface area contributed by atoms with Gasteiger partial charge in [-0.25, -0.2) is 0 Å². The van der Waals surface area contributed by atoms with Gasteiger partial charge in [-0.1, -0.05) is 64.5 Å². The summed E-state index contributed by atoms with van der Waals surface area (Å²) >= 11 is 3.42. The number of halogens is 1. The van der Waals surface area contributed by atoms with Crippen LogP contribution < -0.4 is 15.4 Å². The van der Waals surface area contributed by atoms with Crippen LogP contribution in [0.5, 0.6) is 5.75 Å². The Labute approximate surface area is 174 Å². The van der Waals surface area contributed by atoms with Gasteiger partial charge in [0.15, 0.2) is 0 Å². The molecule has 0 unspecified atom stereocenters. The highest BCUT2D eigenvalue weighted by Crippen LogP contribution is 2.24. The van der Waals surface area contributed by atoms with Crippen molar-refractivity contribution in [3.8, 4) is 5.75 Å². The van der Waals surface area contributed by atoms with E-state index >= 15 is 0 Å². The summed E-state index contributed by atoms with van der Waals surface area (Å²) in [5, 5.41) is 6.03. The Morgan fingerprint density at radius 2 is 1.71 bits per heavy atom. The number of ether oxygens (including phenoxy) is 1. The Hall–Kier alpha value is -2.79. The Bertz CT molecular complexity index is 900. The lowest BCUT2D eigenvalue weighted by Gasteiger charge is -2.13. The SMILES string of the molecule is O=C(CNc1cccc(Br)c1)Nc1ccccc1OCCCc1ccccc1. The zero-order valence-electron chi connectivity index (χ0n) is 15.5. The van der Waals surface area contributed by atoms with Crippen LogP contribution >= 0.6 is 15.9 Å². The molecule has 5 heteroatoms. The summed E-state index contributed by atoms with van der Waals surface area (Å²) in [6, 6.07) is 25.6. The van der Waals surface area contributed by atoms with E-state index in [0.717, 1.165) is 23.0 Å². The molecule has 0 aromatic heterocycles. The van der Waals surface area contributed by atoms with Gasteiger partial charge in [0.05, 0.1) is 18.8 Å². The normalized spacial score (nSPS) is 10.3. The number of nitrogens with one attached hydrogen (secondary N) is 2. The lowest BCUT2D eigenvalue weighted by molar-refractivity contribution is -0.114. The van der Waals surface area contributed by atoms with Crippen molar-refractivity contribution in [3.05, 3.63) is 88.9 Å². The van der Waals surface area contributed by atoms with Gasteiger partial charge in [-0.15, -0.1) is 0 Å². The standard InChI is InChI=1S/C23H23BrN2O2/c24-19-11-6-12-20(16-19)25-17-23(27)26-21-13-4-5-14-22(21)28-15-7-10-18-8-2-1-3-9-18/h1-6,8-9,11-14,16,25H,7,10,15,17H2,(H,26,27). The van der Waals surface area contributed by atoms with Gasteiger partial charge in [0.1, 0.15) is 5.75 Å². The molecule has 3 rings (SSSR count). The molecule has 28 heavy (non-hydrogen) atoms. The number of para-hydroxylation sites is 2. The maximum absolute atomic E-state index is 12.3. The largest absolute Gasteiger partial charge is 0.491 e. The van der Waals surface area contributed by atoms with Crippen LogP contribution in [0.25, 0.3) is 0 Å². The molecule has 0 aliphatic carbocycles. The Balaban J connectivity index is 1.48. The van der Waals surface area contributed by atoms with Gasteiger partial charge in [-0.3, -0.25) is 4.79 Å². The number of carbonyl (C=O) groups excluding carboxylic acids is 1. The minimum atomic E-state index is -0.125. The summed E-state index contributed by atoms with van der Waals surface area (Å²) in [4.78, 5) is 12.3. The fraction of sp³-hybridized carbons (Fsp3) is 0.174. The molecular weight excluding hydrogens is 416 g/mol. The molecule has 0 bridgehead atoms. The number of carbonyl (C=O) groups is 1. The van der Waals surface area contributed by atoms with E-state index in [1.807, 2.05) is 66.7 Å². The topological polar surface area (TPSA) is 50.4 Å². The van der Waals surface area contributed by atoms with Crippen molar-refractivity contribution in [1.82, 2.24) is 0 Å². The average Bonchev–Trinajstić information content (AvgIpc) is 2.72. The zero-order chi connectivity index (χ0) is 19.6. The molecule has 1 amide bonds. The summed E-state index contributed by atoms with van der Waals surface area (Å²) in [7, 11) is 0. The van der Waals surface area contributed by atoms with Crippen molar-refractivity contribution in [2.75, 3.05) is 23.8 Å². The Morgan fingerprint density at radius 1 is 0.929 bits per heavy atom. The monoisotopic (exact) mass is 438 g/mol. The molecule has 0 spiro atoms. The molecule has 0 aliphatic rings. The number of hydrogen-bond acceptors (Lipinski definition) is 3. The number of aryl methyl sites for hydroxylation is 1. The van der Waals surface area contributed by atoms with Crippen LogP contribution in [0.15, 0.2) is 83.3 Å². The second-order valence-corrected chi connectivity index (χ2v) is 7.26. The summed E-state index contributed by atoms with van der Waals surface area (Å²) in [6.07, 6.45) is 1.88. The highest BCUT2D eigenvalue weighted by Gasteiger charge is 2.08. The summed E-state index contributed by atoms with van der Waals surface area (Å²) in [6.45, 7) is 0.775.